The topological polar surface area (TPSA) is 90.7 Å². The van der Waals surface area contributed by atoms with E-state index >= 15 is 0 Å². The minimum Gasteiger partial charge on any atom is -0.497 e. The molecule has 2 rings (SSSR count). The summed E-state index contributed by atoms with van der Waals surface area (Å²) in [5, 5.41) is 2.83. The van der Waals surface area contributed by atoms with Gasteiger partial charge in [-0.25, -0.2) is 0 Å². The van der Waals surface area contributed by atoms with Crippen LogP contribution in [0.3, 0.4) is 0 Å². The Morgan fingerprint density at radius 1 is 1.15 bits per heavy atom. The molecule has 0 saturated carbocycles. The Bertz CT molecular complexity index is 772. The molecule has 3 N–H and O–H groups in total. The first-order chi connectivity index (χ1) is 12.4. The number of carbonyl (C=O) groups is 2. The van der Waals surface area contributed by atoms with Gasteiger partial charge in [0.2, 0.25) is 0 Å². The maximum absolute atomic E-state index is 12.2. The molecule has 0 aliphatic carbocycles. The summed E-state index contributed by atoms with van der Waals surface area (Å²) in [7, 11) is 1.62. The lowest BCUT2D eigenvalue weighted by atomic mass is 10.1. The Morgan fingerprint density at radius 2 is 1.85 bits per heavy atom. The van der Waals surface area contributed by atoms with Crippen LogP contribution in [0.1, 0.15) is 28.4 Å². The minimum atomic E-state index is -0.745. The van der Waals surface area contributed by atoms with Crippen LogP contribution in [-0.4, -0.2) is 31.6 Å². The highest BCUT2D eigenvalue weighted by molar-refractivity contribution is 5.95. The van der Waals surface area contributed by atoms with Gasteiger partial charge >= 0.3 is 0 Å². The standard InChI is InChI=1S/C20H24N2O4/c1-13-4-9-17(19(21)23)18(12-13)26-14(2)20(24)22-11-10-15-5-7-16(25-3)8-6-15/h4-9,12,14H,10-11H2,1-3H3,(H2,21,23)(H,22,24). The van der Waals surface area contributed by atoms with Crippen molar-refractivity contribution < 1.29 is 19.1 Å². The van der Waals surface area contributed by atoms with E-state index in [9.17, 15) is 9.59 Å². The predicted molar refractivity (Wildman–Crippen MR) is 99.5 cm³/mol. The molecular formula is C20H24N2O4. The highest BCUT2D eigenvalue weighted by atomic mass is 16.5. The minimum absolute atomic E-state index is 0.254. The van der Waals surface area contributed by atoms with Gasteiger partial charge in [0.25, 0.3) is 11.8 Å². The molecule has 6 nitrogen and oxygen atoms in total. The second-order valence-electron chi connectivity index (χ2n) is 6.01. The first-order valence-electron chi connectivity index (χ1n) is 8.38. The highest BCUT2D eigenvalue weighted by Gasteiger charge is 2.18. The smallest absolute Gasteiger partial charge is 0.260 e. The molecule has 26 heavy (non-hydrogen) atoms. The van der Waals surface area contributed by atoms with E-state index in [-0.39, 0.29) is 11.5 Å². The number of hydrogen-bond acceptors (Lipinski definition) is 4. The van der Waals surface area contributed by atoms with Gasteiger partial charge in [-0.1, -0.05) is 18.2 Å². The zero-order valence-electron chi connectivity index (χ0n) is 15.2. The number of nitrogens with two attached hydrogens (primary N) is 1. The van der Waals surface area contributed by atoms with E-state index in [0.717, 1.165) is 16.9 Å². The van der Waals surface area contributed by atoms with Gasteiger partial charge in [-0.2, -0.15) is 0 Å². The fraction of sp³-hybridized carbons (Fsp3) is 0.300. The molecular weight excluding hydrogens is 332 g/mol. The molecule has 6 heteroatoms. The second kappa shape index (κ2) is 8.89. The number of benzene rings is 2. The third-order valence-electron chi connectivity index (χ3n) is 3.95. The van der Waals surface area contributed by atoms with E-state index in [0.29, 0.717) is 18.7 Å². The molecule has 1 unspecified atom stereocenters. The van der Waals surface area contributed by atoms with Crippen molar-refractivity contribution in [1.82, 2.24) is 5.32 Å². The number of rotatable bonds is 8. The fourth-order valence-electron chi connectivity index (χ4n) is 2.44. The SMILES string of the molecule is COc1ccc(CCNC(=O)C(C)Oc2cc(C)ccc2C(N)=O)cc1. The van der Waals surface area contributed by atoms with Crippen molar-refractivity contribution in [2.75, 3.05) is 13.7 Å². The van der Waals surface area contributed by atoms with Crippen molar-refractivity contribution in [3.05, 3.63) is 59.2 Å². The van der Waals surface area contributed by atoms with Crippen molar-refractivity contribution in [2.24, 2.45) is 5.73 Å². The fourth-order valence-corrected chi connectivity index (χ4v) is 2.44. The van der Waals surface area contributed by atoms with Crippen LogP contribution in [0.4, 0.5) is 0 Å². The van der Waals surface area contributed by atoms with Gasteiger partial charge in [0.1, 0.15) is 11.5 Å². The summed E-state index contributed by atoms with van der Waals surface area (Å²) in [6, 6.07) is 12.7. The van der Waals surface area contributed by atoms with E-state index < -0.39 is 12.0 Å². The molecule has 0 aliphatic heterocycles. The van der Waals surface area contributed by atoms with Gasteiger partial charge in [-0.05, 0) is 55.7 Å². The second-order valence-corrected chi connectivity index (χ2v) is 6.01. The summed E-state index contributed by atoms with van der Waals surface area (Å²) >= 11 is 0. The van der Waals surface area contributed by atoms with Crippen LogP contribution in [0, 0.1) is 6.92 Å². The lowest BCUT2D eigenvalue weighted by Gasteiger charge is -2.17. The Kier molecular flexibility index (Phi) is 6.60. The summed E-state index contributed by atoms with van der Waals surface area (Å²) in [4.78, 5) is 23.7. The predicted octanol–water partition coefficient (Wildman–Crippen LogP) is 2.23. The third-order valence-corrected chi connectivity index (χ3v) is 3.95. The Morgan fingerprint density at radius 3 is 2.46 bits per heavy atom. The molecule has 0 spiro atoms. The van der Waals surface area contributed by atoms with E-state index in [2.05, 4.69) is 5.32 Å². The van der Waals surface area contributed by atoms with Crippen LogP contribution in [0.25, 0.3) is 0 Å². The van der Waals surface area contributed by atoms with Gasteiger partial charge in [0, 0.05) is 6.54 Å². The van der Waals surface area contributed by atoms with Gasteiger partial charge in [0.15, 0.2) is 6.10 Å². The van der Waals surface area contributed by atoms with Crippen molar-refractivity contribution in [1.29, 1.82) is 0 Å². The van der Waals surface area contributed by atoms with Gasteiger partial charge in [-0.15, -0.1) is 0 Å². The molecule has 0 heterocycles. The number of aryl methyl sites for hydroxylation is 1. The summed E-state index contributed by atoms with van der Waals surface area (Å²) in [5.74, 6) is 0.265. The van der Waals surface area contributed by atoms with Crippen LogP contribution in [-0.2, 0) is 11.2 Å². The number of primary amides is 1. The van der Waals surface area contributed by atoms with Crippen LogP contribution in [0.15, 0.2) is 42.5 Å². The summed E-state index contributed by atoms with van der Waals surface area (Å²) in [6.07, 6.45) is -0.0508. The number of hydrogen-bond donors (Lipinski definition) is 2. The molecule has 0 bridgehead atoms. The Labute approximate surface area is 153 Å². The normalized spacial score (nSPS) is 11.5. The number of ether oxygens (including phenoxy) is 2. The van der Waals surface area contributed by atoms with Crippen LogP contribution < -0.4 is 20.5 Å². The molecule has 2 amide bonds. The molecule has 0 saturated heterocycles. The van der Waals surface area contributed by atoms with Crippen molar-refractivity contribution >= 4 is 11.8 Å². The summed E-state index contributed by atoms with van der Waals surface area (Å²) in [5.41, 5.74) is 7.62. The zero-order chi connectivity index (χ0) is 19.1. The Hall–Kier alpha value is -3.02. The van der Waals surface area contributed by atoms with Gasteiger partial charge < -0.3 is 20.5 Å². The molecule has 2 aromatic carbocycles. The third kappa shape index (κ3) is 5.24. The lowest BCUT2D eigenvalue weighted by Crippen LogP contribution is -2.37. The maximum Gasteiger partial charge on any atom is 0.260 e. The molecule has 2 aromatic rings. The molecule has 0 aromatic heterocycles. The van der Waals surface area contributed by atoms with Crippen LogP contribution in [0.2, 0.25) is 0 Å². The van der Waals surface area contributed by atoms with Crippen molar-refractivity contribution in [3.63, 3.8) is 0 Å². The first kappa shape index (κ1) is 19.3. The lowest BCUT2D eigenvalue weighted by molar-refractivity contribution is -0.127. The quantitative estimate of drug-likeness (QED) is 0.759. The van der Waals surface area contributed by atoms with E-state index in [4.69, 9.17) is 15.2 Å². The number of amides is 2. The maximum atomic E-state index is 12.2. The number of nitrogens with one attached hydrogen (secondary N) is 1. The number of carbonyl (C=O) groups excluding carboxylic acids is 2. The molecule has 138 valence electrons. The summed E-state index contributed by atoms with van der Waals surface area (Å²) < 4.78 is 10.8. The average molecular weight is 356 g/mol. The molecule has 0 radical (unpaired) electrons. The van der Waals surface area contributed by atoms with Crippen LogP contribution >= 0.6 is 0 Å². The highest BCUT2D eigenvalue weighted by Crippen LogP contribution is 2.21. The van der Waals surface area contributed by atoms with Gasteiger partial charge in [-0.3, -0.25) is 9.59 Å². The molecule has 0 fully saturated rings. The van der Waals surface area contributed by atoms with Crippen molar-refractivity contribution in [3.8, 4) is 11.5 Å². The first-order valence-corrected chi connectivity index (χ1v) is 8.38. The van der Waals surface area contributed by atoms with Crippen molar-refractivity contribution in [2.45, 2.75) is 26.4 Å². The summed E-state index contributed by atoms with van der Waals surface area (Å²) in [6.45, 7) is 3.99. The number of methoxy groups -OCH3 is 1. The van der Waals surface area contributed by atoms with E-state index in [1.807, 2.05) is 31.2 Å². The molecule has 0 aliphatic rings. The van der Waals surface area contributed by atoms with E-state index in [1.54, 1.807) is 32.2 Å². The molecule has 1 atom stereocenters. The van der Waals surface area contributed by atoms with Gasteiger partial charge in [0.05, 0.1) is 12.7 Å². The monoisotopic (exact) mass is 356 g/mol. The zero-order valence-corrected chi connectivity index (χ0v) is 15.2. The Balaban J connectivity index is 1.89. The average Bonchev–Trinajstić information content (AvgIpc) is 2.62. The van der Waals surface area contributed by atoms with E-state index in [1.165, 1.54) is 0 Å². The largest absolute Gasteiger partial charge is 0.497 e. The van der Waals surface area contributed by atoms with Crippen LogP contribution in [0.5, 0.6) is 11.5 Å².